The van der Waals surface area contributed by atoms with Crippen molar-refractivity contribution in [3.63, 3.8) is 0 Å². The van der Waals surface area contributed by atoms with E-state index in [1.54, 1.807) is 49.5 Å². The molecular formula is C16H15Cl2N3O2. The molecular weight excluding hydrogens is 337 g/mol. The average molecular weight is 352 g/mol. The van der Waals surface area contributed by atoms with Crippen LogP contribution in [0.5, 0.6) is 0 Å². The van der Waals surface area contributed by atoms with Crippen LogP contribution in [0.25, 0.3) is 0 Å². The van der Waals surface area contributed by atoms with Gasteiger partial charge in [-0.25, -0.2) is 4.79 Å². The third kappa shape index (κ3) is 5.16. The van der Waals surface area contributed by atoms with Crippen LogP contribution in [0.1, 0.15) is 5.56 Å². The Balaban J connectivity index is 1.94. The number of likely N-dealkylation sites (N-methyl/N-ethyl adjacent to an activating group) is 1. The topological polar surface area (TPSA) is 70.2 Å². The first-order chi connectivity index (χ1) is 11.0. The fraction of sp³-hybridized carbons (Fsp3) is 0.125. The lowest BCUT2D eigenvalue weighted by molar-refractivity contribution is -0.119. The van der Waals surface area contributed by atoms with E-state index in [1.165, 1.54) is 0 Å². The lowest BCUT2D eigenvalue weighted by Gasteiger charge is -2.09. The van der Waals surface area contributed by atoms with Crippen LogP contribution in [0.15, 0.2) is 42.5 Å². The lowest BCUT2D eigenvalue weighted by Crippen LogP contribution is -2.20. The van der Waals surface area contributed by atoms with Gasteiger partial charge in [0.15, 0.2) is 0 Å². The predicted octanol–water partition coefficient (Wildman–Crippen LogP) is 3.93. The Labute approximate surface area is 144 Å². The van der Waals surface area contributed by atoms with Crippen LogP contribution in [0.3, 0.4) is 0 Å². The van der Waals surface area contributed by atoms with Gasteiger partial charge >= 0.3 is 6.03 Å². The highest BCUT2D eigenvalue weighted by Crippen LogP contribution is 2.25. The summed E-state index contributed by atoms with van der Waals surface area (Å²) in [4.78, 5) is 23.2. The Morgan fingerprint density at radius 1 is 0.913 bits per heavy atom. The molecule has 0 unspecified atom stereocenters. The van der Waals surface area contributed by atoms with Crippen molar-refractivity contribution in [3.05, 3.63) is 58.1 Å². The van der Waals surface area contributed by atoms with E-state index in [9.17, 15) is 9.59 Å². The maximum atomic E-state index is 11.9. The van der Waals surface area contributed by atoms with Gasteiger partial charge < -0.3 is 16.0 Å². The van der Waals surface area contributed by atoms with Crippen molar-refractivity contribution < 1.29 is 9.59 Å². The largest absolute Gasteiger partial charge is 0.359 e. The fourth-order valence-corrected chi connectivity index (χ4v) is 2.15. The maximum absolute atomic E-state index is 11.9. The van der Waals surface area contributed by atoms with Gasteiger partial charge in [0.1, 0.15) is 0 Å². The third-order valence-electron chi connectivity index (χ3n) is 3.03. The summed E-state index contributed by atoms with van der Waals surface area (Å²) in [6.07, 6.45) is 0.298. The minimum atomic E-state index is -0.401. The number of benzene rings is 2. The highest BCUT2D eigenvalue weighted by molar-refractivity contribution is 6.42. The van der Waals surface area contributed by atoms with Crippen molar-refractivity contribution in [2.24, 2.45) is 0 Å². The summed E-state index contributed by atoms with van der Waals surface area (Å²) >= 11 is 11.7. The van der Waals surface area contributed by atoms with Crippen molar-refractivity contribution in [1.29, 1.82) is 0 Å². The second kappa shape index (κ2) is 7.85. The van der Waals surface area contributed by atoms with Crippen LogP contribution in [-0.4, -0.2) is 19.0 Å². The van der Waals surface area contributed by atoms with Crippen LogP contribution in [0.2, 0.25) is 10.0 Å². The molecule has 0 bridgehead atoms. The van der Waals surface area contributed by atoms with Crippen molar-refractivity contribution in [2.75, 3.05) is 17.7 Å². The number of nitrogens with one attached hydrogen (secondary N) is 3. The zero-order valence-corrected chi connectivity index (χ0v) is 13.8. The summed E-state index contributed by atoms with van der Waals surface area (Å²) in [5.74, 6) is -0.0666. The highest BCUT2D eigenvalue weighted by atomic mass is 35.5. The first kappa shape index (κ1) is 17.1. The summed E-state index contributed by atoms with van der Waals surface area (Å²) < 4.78 is 0. The molecule has 2 aromatic carbocycles. The summed E-state index contributed by atoms with van der Waals surface area (Å²) in [6.45, 7) is 0. The zero-order chi connectivity index (χ0) is 16.8. The zero-order valence-electron chi connectivity index (χ0n) is 12.3. The molecule has 0 aliphatic heterocycles. The van der Waals surface area contributed by atoms with Crippen molar-refractivity contribution in [2.45, 2.75) is 6.42 Å². The minimum absolute atomic E-state index is 0.0666. The Bertz CT molecular complexity index is 718. The van der Waals surface area contributed by atoms with E-state index in [1.807, 2.05) is 0 Å². The number of rotatable bonds is 4. The number of carbonyl (C=O) groups excluding carboxylic acids is 2. The molecule has 0 saturated heterocycles. The fourth-order valence-electron chi connectivity index (χ4n) is 1.85. The summed E-state index contributed by atoms with van der Waals surface area (Å²) in [5.41, 5.74) is 2.01. The van der Waals surface area contributed by atoms with Crippen LogP contribution >= 0.6 is 23.2 Å². The van der Waals surface area contributed by atoms with Gasteiger partial charge in [0.2, 0.25) is 5.91 Å². The molecule has 5 nitrogen and oxygen atoms in total. The first-order valence-corrected chi connectivity index (χ1v) is 7.56. The number of amides is 3. The third-order valence-corrected chi connectivity index (χ3v) is 3.77. The summed E-state index contributed by atoms with van der Waals surface area (Å²) in [5, 5.41) is 8.69. The molecule has 3 N–H and O–H groups in total. The van der Waals surface area contributed by atoms with Crippen LogP contribution in [0, 0.1) is 0 Å². The minimum Gasteiger partial charge on any atom is -0.359 e. The molecule has 120 valence electrons. The SMILES string of the molecule is CNC(=O)Cc1ccc(NC(=O)Nc2ccc(Cl)c(Cl)c2)cc1. The molecule has 3 amide bonds. The maximum Gasteiger partial charge on any atom is 0.323 e. The van der Waals surface area contributed by atoms with Gasteiger partial charge in [-0.2, -0.15) is 0 Å². The number of halogens is 2. The molecule has 2 aromatic rings. The molecule has 2 rings (SSSR count). The van der Waals surface area contributed by atoms with E-state index in [2.05, 4.69) is 16.0 Å². The highest BCUT2D eigenvalue weighted by Gasteiger charge is 2.06. The van der Waals surface area contributed by atoms with Crippen molar-refractivity contribution in [1.82, 2.24) is 5.32 Å². The first-order valence-electron chi connectivity index (χ1n) is 6.80. The molecule has 7 heteroatoms. The normalized spacial score (nSPS) is 10.0. The number of urea groups is 1. The molecule has 0 fully saturated rings. The van der Waals surface area contributed by atoms with E-state index in [0.717, 1.165) is 5.56 Å². The van der Waals surface area contributed by atoms with Crippen LogP contribution in [0.4, 0.5) is 16.2 Å². The van der Waals surface area contributed by atoms with Gasteiger partial charge in [-0.15, -0.1) is 0 Å². The molecule has 0 aromatic heterocycles. The van der Waals surface area contributed by atoms with Gasteiger partial charge in [0.05, 0.1) is 16.5 Å². The standard InChI is InChI=1S/C16H15Cl2N3O2/c1-19-15(22)8-10-2-4-11(5-3-10)20-16(23)21-12-6-7-13(17)14(18)9-12/h2-7,9H,8H2,1H3,(H,19,22)(H2,20,21,23). The molecule has 23 heavy (non-hydrogen) atoms. The molecule has 0 spiro atoms. The Kier molecular flexibility index (Phi) is 5.84. The lowest BCUT2D eigenvalue weighted by atomic mass is 10.1. The monoisotopic (exact) mass is 351 g/mol. The second-order valence-electron chi connectivity index (χ2n) is 4.75. The van der Waals surface area contributed by atoms with Gasteiger partial charge in [0, 0.05) is 18.4 Å². The van der Waals surface area contributed by atoms with E-state index < -0.39 is 6.03 Å². The summed E-state index contributed by atoms with van der Waals surface area (Å²) in [6, 6.07) is 11.4. The molecule has 0 aliphatic rings. The molecule has 0 atom stereocenters. The number of anilines is 2. The quantitative estimate of drug-likeness (QED) is 0.780. The van der Waals surface area contributed by atoms with E-state index in [0.29, 0.717) is 27.8 Å². The Morgan fingerprint density at radius 3 is 2.13 bits per heavy atom. The number of carbonyl (C=O) groups is 2. The smallest absolute Gasteiger partial charge is 0.323 e. The van der Waals surface area contributed by atoms with E-state index in [-0.39, 0.29) is 5.91 Å². The second-order valence-corrected chi connectivity index (χ2v) is 5.57. The summed E-state index contributed by atoms with van der Waals surface area (Å²) in [7, 11) is 1.59. The van der Waals surface area contributed by atoms with Crippen LogP contribution < -0.4 is 16.0 Å². The molecule has 0 radical (unpaired) electrons. The van der Waals surface area contributed by atoms with Gasteiger partial charge in [0.25, 0.3) is 0 Å². The molecule has 0 aliphatic carbocycles. The van der Waals surface area contributed by atoms with Crippen LogP contribution in [-0.2, 0) is 11.2 Å². The average Bonchev–Trinajstić information content (AvgIpc) is 2.52. The Morgan fingerprint density at radius 2 is 1.52 bits per heavy atom. The van der Waals surface area contributed by atoms with Crippen molar-refractivity contribution >= 4 is 46.5 Å². The number of hydrogen-bond donors (Lipinski definition) is 3. The number of hydrogen-bond acceptors (Lipinski definition) is 2. The Hall–Kier alpha value is -2.24. The van der Waals surface area contributed by atoms with Crippen molar-refractivity contribution in [3.8, 4) is 0 Å². The van der Waals surface area contributed by atoms with E-state index in [4.69, 9.17) is 23.2 Å². The van der Waals surface area contributed by atoms with Gasteiger partial charge in [-0.05, 0) is 35.9 Å². The predicted molar refractivity (Wildman–Crippen MR) is 93.3 cm³/mol. The van der Waals surface area contributed by atoms with Gasteiger partial charge in [-0.1, -0.05) is 35.3 Å². The van der Waals surface area contributed by atoms with Gasteiger partial charge in [-0.3, -0.25) is 4.79 Å². The molecule has 0 saturated carbocycles. The van der Waals surface area contributed by atoms with E-state index >= 15 is 0 Å². The molecule has 0 heterocycles.